The van der Waals surface area contributed by atoms with Gasteiger partial charge < -0.3 is 10.6 Å². The lowest BCUT2D eigenvalue weighted by atomic mass is 10.2. The Labute approximate surface area is 93.7 Å². The van der Waals surface area contributed by atoms with Crippen LogP contribution in [-0.4, -0.2) is 24.0 Å². The fraction of sp³-hybridized carbons (Fsp3) is 0.364. The first-order chi connectivity index (χ1) is 7.42. The first-order valence-corrected chi connectivity index (χ1v) is 5.98. The van der Waals surface area contributed by atoms with Gasteiger partial charge in [0.2, 0.25) is 0 Å². The third-order valence-electron chi connectivity index (χ3n) is 2.22. The fourth-order valence-electron chi connectivity index (χ4n) is 1.46. The summed E-state index contributed by atoms with van der Waals surface area (Å²) in [6.07, 6.45) is 0. The second-order valence-electron chi connectivity index (χ2n) is 3.31. The predicted octanol–water partition coefficient (Wildman–Crippen LogP) is 2.32. The minimum absolute atomic E-state index is 0.944. The molecule has 1 aromatic carbocycles. The molecule has 4 heteroatoms. The van der Waals surface area contributed by atoms with E-state index in [1.165, 1.54) is 21.9 Å². The van der Waals surface area contributed by atoms with Crippen LogP contribution in [0.25, 0.3) is 10.9 Å². The Kier molecular flexibility index (Phi) is 3.53. The Balaban J connectivity index is 2.02. The third kappa shape index (κ3) is 2.46. The summed E-state index contributed by atoms with van der Waals surface area (Å²) in [5.74, 6) is 0. The number of nitrogens with zero attached hydrogens (tertiary/aromatic N) is 1. The average Bonchev–Trinajstić information content (AvgIpc) is 2.68. The molecule has 0 unspecified atom stereocenters. The van der Waals surface area contributed by atoms with Gasteiger partial charge in [0.25, 0.3) is 0 Å². The van der Waals surface area contributed by atoms with E-state index in [4.69, 9.17) is 0 Å². The van der Waals surface area contributed by atoms with Gasteiger partial charge in [-0.25, -0.2) is 0 Å². The fourth-order valence-corrected chi connectivity index (χ4v) is 2.24. The van der Waals surface area contributed by atoms with Gasteiger partial charge in [0.05, 0.1) is 5.52 Å². The molecule has 0 radical (unpaired) electrons. The molecule has 2 aromatic rings. The van der Waals surface area contributed by atoms with E-state index in [0.29, 0.717) is 0 Å². The van der Waals surface area contributed by atoms with E-state index in [-0.39, 0.29) is 0 Å². The number of hydrogen-bond acceptors (Lipinski definition) is 4. The largest absolute Gasteiger partial charge is 0.374 e. The average molecular weight is 221 g/mol. The molecule has 2 N–H and O–H groups in total. The number of anilines is 1. The van der Waals surface area contributed by atoms with Crippen LogP contribution in [0, 0.1) is 0 Å². The molecule has 1 aromatic heterocycles. The van der Waals surface area contributed by atoms with Crippen LogP contribution in [0.5, 0.6) is 0 Å². The van der Waals surface area contributed by atoms with Crippen LogP contribution in [-0.2, 0) is 0 Å². The van der Waals surface area contributed by atoms with Crippen LogP contribution in [0.2, 0.25) is 0 Å². The van der Waals surface area contributed by atoms with Crippen LogP contribution in [0.3, 0.4) is 0 Å². The smallest absolute Gasteiger partial charge is 0.117 e. The van der Waals surface area contributed by atoms with E-state index >= 15 is 0 Å². The van der Waals surface area contributed by atoms with Crippen molar-refractivity contribution in [2.24, 2.45) is 0 Å². The maximum absolute atomic E-state index is 4.38. The number of nitrogens with one attached hydrogen (secondary N) is 2. The Morgan fingerprint density at radius 2 is 2.13 bits per heavy atom. The lowest BCUT2D eigenvalue weighted by molar-refractivity contribution is 0.740. The molecule has 0 aliphatic carbocycles. The molecule has 3 nitrogen and oxygen atoms in total. The Morgan fingerprint density at radius 1 is 1.27 bits per heavy atom. The number of aromatic nitrogens is 1. The van der Waals surface area contributed by atoms with Gasteiger partial charge in [-0.1, -0.05) is 19.1 Å². The molecule has 0 spiro atoms. The van der Waals surface area contributed by atoms with Crippen molar-refractivity contribution < 1.29 is 0 Å². The molecule has 0 aliphatic rings. The molecule has 2 rings (SSSR count). The SMILES string of the molecule is CCNCCNc1snc2ccccc12. The summed E-state index contributed by atoms with van der Waals surface area (Å²) in [5.41, 5.74) is 1.08. The summed E-state index contributed by atoms with van der Waals surface area (Å²) in [6, 6.07) is 8.21. The number of rotatable bonds is 5. The predicted molar refractivity (Wildman–Crippen MR) is 66.7 cm³/mol. The van der Waals surface area contributed by atoms with Gasteiger partial charge in [0, 0.05) is 18.5 Å². The molecule has 0 atom stereocenters. The molecule has 1 heterocycles. The zero-order valence-corrected chi connectivity index (χ0v) is 9.60. The monoisotopic (exact) mass is 221 g/mol. The Morgan fingerprint density at radius 3 is 3.00 bits per heavy atom. The van der Waals surface area contributed by atoms with Gasteiger partial charge in [-0.15, -0.1) is 0 Å². The summed E-state index contributed by atoms with van der Waals surface area (Å²) in [4.78, 5) is 0. The number of likely N-dealkylation sites (N-methyl/N-ethyl adjacent to an activating group) is 1. The van der Waals surface area contributed by atoms with Gasteiger partial charge in [-0.05, 0) is 30.2 Å². The maximum atomic E-state index is 4.38. The number of benzene rings is 1. The Bertz CT molecular complexity index is 424. The van der Waals surface area contributed by atoms with Gasteiger partial charge in [-0.3, -0.25) is 0 Å². The van der Waals surface area contributed by atoms with Crippen molar-refractivity contribution in [2.75, 3.05) is 25.0 Å². The first-order valence-electron chi connectivity index (χ1n) is 5.21. The zero-order valence-electron chi connectivity index (χ0n) is 8.79. The van der Waals surface area contributed by atoms with E-state index in [2.05, 4.69) is 28.0 Å². The summed E-state index contributed by atoms with van der Waals surface area (Å²) in [7, 11) is 0. The highest BCUT2D eigenvalue weighted by molar-refractivity contribution is 7.11. The molecule has 0 fully saturated rings. The molecular weight excluding hydrogens is 206 g/mol. The molecule has 0 bridgehead atoms. The summed E-state index contributed by atoms with van der Waals surface area (Å²) < 4.78 is 4.38. The summed E-state index contributed by atoms with van der Waals surface area (Å²) >= 11 is 1.53. The van der Waals surface area contributed by atoms with Crippen LogP contribution < -0.4 is 10.6 Å². The van der Waals surface area contributed by atoms with E-state index in [9.17, 15) is 0 Å². The number of fused-ring (bicyclic) bond motifs is 1. The third-order valence-corrected chi connectivity index (χ3v) is 3.06. The minimum atomic E-state index is 0.944. The van der Waals surface area contributed by atoms with E-state index in [0.717, 1.165) is 25.2 Å². The van der Waals surface area contributed by atoms with Crippen LogP contribution in [0.1, 0.15) is 6.92 Å². The van der Waals surface area contributed by atoms with E-state index < -0.39 is 0 Å². The molecule has 0 saturated heterocycles. The van der Waals surface area contributed by atoms with Crippen LogP contribution in [0.15, 0.2) is 24.3 Å². The normalized spacial score (nSPS) is 10.7. The number of hydrogen-bond donors (Lipinski definition) is 2. The lowest BCUT2D eigenvalue weighted by Gasteiger charge is -2.03. The van der Waals surface area contributed by atoms with Crippen molar-refractivity contribution >= 4 is 27.4 Å². The molecule has 0 amide bonds. The first kappa shape index (κ1) is 10.4. The Hall–Kier alpha value is -1.13. The van der Waals surface area contributed by atoms with Crippen molar-refractivity contribution in [1.82, 2.24) is 9.69 Å². The maximum Gasteiger partial charge on any atom is 0.117 e. The highest BCUT2D eigenvalue weighted by atomic mass is 32.1. The van der Waals surface area contributed by atoms with Crippen molar-refractivity contribution in [2.45, 2.75) is 6.92 Å². The summed E-state index contributed by atoms with van der Waals surface area (Å²) in [6.45, 7) is 5.07. The molecule has 80 valence electrons. The van der Waals surface area contributed by atoms with Gasteiger partial charge >= 0.3 is 0 Å². The summed E-state index contributed by atoms with van der Waals surface area (Å²) in [5, 5.41) is 9.07. The van der Waals surface area contributed by atoms with E-state index in [1.54, 1.807) is 0 Å². The molecule has 15 heavy (non-hydrogen) atoms. The topological polar surface area (TPSA) is 37.0 Å². The standard InChI is InChI=1S/C11H15N3S/c1-2-12-7-8-13-11-9-5-3-4-6-10(9)14-15-11/h3-6,12-13H,2,7-8H2,1H3. The van der Waals surface area contributed by atoms with Crippen molar-refractivity contribution in [3.8, 4) is 0 Å². The highest BCUT2D eigenvalue weighted by Crippen LogP contribution is 2.26. The van der Waals surface area contributed by atoms with Gasteiger partial charge in [-0.2, -0.15) is 4.37 Å². The van der Waals surface area contributed by atoms with Crippen LogP contribution in [0.4, 0.5) is 5.00 Å². The zero-order chi connectivity index (χ0) is 10.5. The second kappa shape index (κ2) is 5.09. The van der Waals surface area contributed by atoms with Gasteiger partial charge in [0.1, 0.15) is 5.00 Å². The van der Waals surface area contributed by atoms with Gasteiger partial charge in [0.15, 0.2) is 0 Å². The molecule has 0 aliphatic heterocycles. The highest BCUT2D eigenvalue weighted by Gasteiger charge is 2.03. The van der Waals surface area contributed by atoms with Crippen molar-refractivity contribution in [1.29, 1.82) is 0 Å². The van der Waals surface area contributed by atoms with Crippen molar-refractivity contribution in [3.63, 3.8) is 0 Å². The minimum Gasteiger partial charge on any atom is -0.374 e. The molecule has 0 saturated carbocycles. The van der Waals surface area contributed by atoms with Crippen LogP contribution >= 0.6 is 11.5 Å². The lowest BCUT2D eigenvalue weighted by Crippen LogP contribution is -2.21. The second-order valence-corrected chi connectivity index (χ2v) is 4.08. The quantitative estimate of drug-likeness (QED) is 0.761. The van der Waals surface area contributed by atoms with E-state index in [1.807, 2.05) is 18.2 Å². The molecular formula is C11H15N3S. The van der Waals surface area contributed by atoms with Crippen molar-refractivity contribution in [3.05, 3.63) is 24.3 Å².